The van der Waals surface area contributed by atoms with Crippen LogP contribution in [-0.2, 0) is 25.7 Å². The number of halogens is 5. The molecule has 0 aliphatic heterocycles. The van der Waals surface area contributed by atoms with E-state index in [1.165, 1.54) is 45.0 Å². The Morgan fingerprint density at radius 3 is 1.88 bits per heavy atom. The molecule has 56 heavy (non-hydrogen) atoms. The van der Waals surface area contributed by atoms with Crippen molar-refractivity contribution in [2.45, 2.75) is 91.4 Å². The number of esters is 1. The van der Waals surface area contributed by atoms with Crippen LogP contribution in [0.15, 0.2) is 54.6 Å². The van der Waals surface area contributed by atoms with Gasteiger partial charge in [0.15, 0.2) is 6.04 Å². The molecule has 0 aliphatic rings. The molecular formula is C39H46F5N3O9. The molecule has 0 aliphatic carbocycles. The molecule has 3 aromatic rings. The van der Waals surface area contributed by atoms with Gasteiger partial charge in [-0.25, -0.2) is 27.6 Å². The molecule has 4 N–H and O–H groups in total. The fourth-order valence-electron chi connectivity index (χ4n) is 5.11. The van der Waals surface area contributed by atoms with Gasteiger partial charge in [-0.15, -0.1) is 0 Å². The van der Waals surface area contributed by atoms with Crippen molar-refractivity contribution in [3.8, 4) is 11.5 Å². The first-order valence-electron chi connectivity index (χ1n) is 17.6. The number of alkyl carbamates (subject to hydrolysis) is 2. The van der Waals surface area contributed by atoms with Crippen LogP contribution in [0.3, 0.4) is 0 Å². The van der Waals surface area contributed by atoms with Crippen molar-refractivity contribution in [2.75, 3.05) is 6.54 Å². The Balaban J connectivity index is 1.74. The maximum atomic E-state index is 14.4. The van der Waals surface area contributed by atoms with E-state index in [1.54, 1.807) is 38.1 Å². The molecule has 0 fully saturated rings. The molecule has 0 bridgehead atoms. The zero-order chi connectivity index (χ0) is 41.9. The van der Waals surface area contributed by atoms with Crippen LogP contribution < -0.4 is 25.4 Å². The van der Waals surface area contributed by atoms with Crippen molar-refractivity contribution >= 4 is 24.1 Å². The second kappa shape index (κ2) is 19.9. The first-order valence-corrected chi connectivity index (χ1v) is 17.6. The average Bonchev–Trinajstić information content (AvgIpc) is 3.13. The molecule has 3 rings (SSSR count). The Morgan fingerprint density at radius 1 is 0.768 bits per heavy atom. The van der Waals surface area contributed by atoms with Crippen molar-refractivity contribution in [3.63, 3.8) is 0 Å². The number of amides is 3. The monoisotopic (exact) mass is 795 g/mol. The van der Waals surface area contributed by atoms with Gasteiger partial charge in [-0.3, -0.25) is 4.79 Å². The summed E-state index contributed by atoms with van der Waals surface area (Å²) in [5.41, 5.74) is -0.00853. The van der Waals surface area contributed by atoms with E-state index >= 15 is 0 Å². The molecule has 0 radical (unpaired) electrons. The molecule has 4 atom stereocenters. The van der Waals surface area contributed by atoms with E-state index in [0.717, 1.165) is 5.56 Å². The van der Waals surface area contributed by atoms with Crippen LogP contribution >= 0.6 is 0 Å². The highest BCUT2D eigenvalue weighted by Crippen LogP contribution is 2.30. The van der Waals surface area contributed by atoms with Crippen LogP contribution in [0, 0.1) is 40.9 Å². The number of aliphatic hydroxyl groups excluding tert-OH is 1. The minimum atomic E-state index is -2.47. The van der Waals surface area contributed by atoms with Crippen LogP contribution in [0.1, 0.15) is 72.1 Å². The number of rotatable bonds is 16. The van der Waals surface area contributed by atoms with E-state index in [0.29, 0.717) is 5.56 Å². The first-order chi connectivity index (χ1) is 26.2. The fourth-order valence-corrected chi connectivity index (χ4v) is 5.11. The summed E-state index contributed by atoms with van der Waals surface area (Å²) in [5.74, 6) is -16.7. The summed E-state index contributed by atoms with van der Waals surface area (Å²) in [6.07, 6.45) is -4.33. The van der Waals surface area contributed by atoms with Gasteiger partial charge >= 0.3 is 18.2 Å². The number of ether oxygens (including phenoxy) is 4. The van der Waals surface area contributed by atoms with Crippen molar-refractivity contribution < 1.29 is 65.2 Å². The van der Waals surface area contributed by atoms with Gasteiger partial charge in [-0.1, -0.05) is 70.2 Å². The maximum absolute atomic E-state index is 14.4. The zero-order valence-corrected chi connectivity index (χ0v) is 31.9. The highest BCUT2D eigenvalue weighted by Gasteiger charge is 2.39. The number of carbonyl (C=O) groups is 4. The number of nitrogens with one attached hydrogen (secondary N) is 3. The lowest BCUT2D eigenvalue weighted by Gasteiger charge is -2.31. The van der Waals surface area contributed by atoms with Crippen molar-refractivity contribution in [2.24, 2.45) is 11.8 Å². The van der Waals surface area contributed by atoms with Crippen LogP contribution in [0.4, 0.5) is 31.5 Å². The predicted octanol–water partition coefficient (Wildman–Crippen LogP) is 6.78. The molecule has 0 saturated carbocycles. The summed E-state index contributed by atoms with van der Waals surface area (Å²) < 4.78 is 91.3. The number of hydrogen-bond acceptors (Lipinski definition) is 9. The maximum Gasteiger partial charge on any atom is 0.408 e. The fraction of sp³-hybridized carbons (Fsp3) is 0.436. The molecule has 12 nitrogen and oxygen atoms in total. The van der Waals surface area contributed by atoms with Crippen LogP contribution in [0.2, 0.25) is 0 Å². The lowest BCUT2D eigenvalue weighted by molar-refractivity contribution is -0.140. The summed E-state index contributed by atoms with van der Waals surface area (Å²) in [6, 6.07) is 11.7. The Hall–Kier alpha value is -5.45. The Kier molecular flexibility index (Phi) is 16.0. The van der Waals surface area contributed by atoms with Gasteiger partial charge in [-0.2, -0.15) is 8.78 Å². The van der Waals surface area contributed by atoms with Gasteiger partial charge in [0, 0.05) is 6.54 Å². The quantitative estimate of drug-likeness (QED) is 0.0403. The van der Waals surface area contributed by atoms with E-state index in [2.05, 4.69) is 20.7 Å². The van der Waals surface area contributed by atoms with E-state index in [4.69, 9.17) is 14.2 Å². The summed E-state index contributed by atoms with van der Waals surface area (Å²) in [4.78, 5) is 51.6. The standard InChI is InChI=1S/C39H46F5N3O9/c1-20(2)17-25(46-37(51)53-19-22-11-9-8-10-12-22)35(49)45-18-26(48)23-13-15-24(16-14-23)54-33(21(3)4)32(47-38(52)56-39(5,6)7)36(50)55-34-30(43)28(41)27(40)29(42)31(34)44/h8-16,20-21,25-26,32-33,48H,17-19H2,1-7H3,(H,45,49)(H,46,51)(H,47,52)/t25-,26?,32-,33-/m0/s1. The van der Waals surface area contributed by atoms with Gasteiger partial charge in [-0.05, 0) is 62.3 Å². The Morgan fingerprint density at radius 2 is 1.34 bits per heavy atom. The van der Waals surface area contributed by atoms with Crippen LogP contribution in [0.25, 0.3) is 0 Å². The molecule has 0 saturated heterocycles. The highest BCUT2D eigenvalue weighted by molar-refractivity contribution is 5.86. The minimum Gasteiger partial charge on any atom is -0.487 e. The van der Waals surface area contributed by atoms with Crippen LogP contribution in [-0.4, -0.2) is 59.5 Å². The smallest absolute Gasteiger partial charge is 0.408 e. The molecule has 0 aromatic heterocycles. The minimum absolute atomic E-state index is 0.00242. The number of carbonyl (C=O) groups excluding carboxylic acids is 4. The van der Waals surface area contributed by atoms with Gasteiger partial charge in [0.2, 0.25) is 40.7 Å². The van der Waals surface area contributed by atoms with Crippen molar-refractivity contribution in [1.29, 1.82) is 0 Å². The van der Waals surface area contributed by atoms with Gasteiger partial charge < -0.3 is 40.0 Å². The molecule has 0 spiro atoms. The molecule has 3 amide bonds. The lowest BCUT2D eigenvalue weighted by Crippen LogP contribution is -2.55. The van der Waals surface area contributed by atoms with Gasteiger partial charge in [0.25, 0.3) is 0 Å². The first kappa shape index (κ1) is 44.9. The van der Waals surface area contributed by atoms with Crippen molar-refractivity contribution in [3.05, 3.63) is 94.8 Å². The summed E-state index contributed by atoms with van der Waals surface area (Å²) >= 11 is 0. The lowest BCUT2D eigenvalue weighted by atomic mass is 9.99. The number of benzene rings is 3. The topological polar surface area (TPSA) is 162 Å². The summed E-state index contributed by atoms with van der Waals surface area (Å²) in [5, 5.41) is 18.2. The summed E-state index contributed by atoms with van der Waals surface area (Å²) in [6.45, 7) is 11.1. The second-order valence-corrected chi connectivity index (χ2v) is 14.5. The highest BCUT2D eigenvalue weighted by atomic mass is 19.2. The van der Waals surface area contributed by atoms with E-state index in [-0.39, 0.29) is 31.2 Å². The molecule has 306 valence electrons. The average molecular weight is 796 g/mol. The second-order valence-electron chi connectivity index (χ2n) is 14.5. The third-order valence-electron chi connectivity index (χ3n) is 7.82. The van der Waals surface area contributed by atoms with E-state index in [9.17, 15) is 46.2 Å². The Bertz CT molecular complexity index is 1790. The molecule has 0 heterocycles. The van der Waals surface area contributed by atoms with Crippen LogP contribution in [0.5, 0.6) is 11.5 Å². The predicted molar refractivity (Wildman–Crippen MR) is 192 cm³/mol. The summed E-state index contributed by atoms with van der Waals surface area (Å²) in [7, 11) is 0. The van der Waals surface area contributed by atoms with E-state index in [1.807, 2.05) is 19.9 Å². The number of hydrogen-bond donors (Lipinski definition) is 4. The zero-order valence-electron chi connectivity index (χ0n) is 31.9. The molecular weight excluding hydrogens is 749 g/mol. The third kappa shape index (κ3) is 13.1. The van der Waals surface area contributed by atoms with E-state index < -0.39 is 94.7 Å². The Labute approximate surface area is 321 Å². The molecule has 1 unspecified atom stereocenters. The molecule has 17 heteroatoms. The number of aliphatic hydroxyl groups is 1. The molecule has 3 aromatic carbocycles. The third-order valence-corrected chi connectivity index (χ3v) is 7.82. The normalized spacial score (nSPS) is 13.6. The van der Waals surface area contributed by atoms with Crippen molar-refractivity contribution in [1.82, 2.24) is 16.0 Å². The van der Waals surface area contributed by atoms with Gasteiger partial charge in [0.1, 0.15) is 30.1 Å². The van der Waals surface area contributed by atoms with Gasteiger partial charge in [0.05, 0.1) is 6.10 Å². The SMILES string of the molecule is CC(C)C[C@H](NC(=O)OCc1ccccc1)C(=O)NCC(O)c1ccc(O[C@@H](C(C)C)[C@H](NC(=O)OC(C)(C)C)C(=O)Oc2c(F)c(F)c(F)c(F)c2F)cc1. The largest absolute Gasteiger partial charge is 0.487 e.